The lowest BCUT2D eigenvalue weighted by Gasteiger charge is -2.29. The Balaban J connectivity index is 1.85. The maximum absolute atomic E-state index is 10.7. The van der Waals surface area contributed by atoms with Crippen molar-refractivity contribution in [2.45, 2.75) is 45.1 Å². The van der Waals surface area contributed by atoms with Crippen LogP contribution in [0.1, 0.15) is 37.7 Å². The fourth-order valence-corrected chi connectivity index (χ4v) is 3.05. The van der Waals surface area contributed by atoms with E-state index in [-0.39, 0.29) is 0 Å². The lowest BCUT2D eigenvalue weighted by Crippen LogP contribution is -2.27. The molecule has 0 aliphatic heterocycles. The molecule has 1 aromatic rings. The number of nitrogens with one attached hydrogen (secondary N) is 1. The number of halogens is 1. The van der Waals surface area contributed by atoms with E-state index < -0.39 is 5.97 Å². The van der Waals surface area contributed by atoms with Crippen LogP contribution in [0.3, 0.4) is 0 Å². The van der Waals surface area contributed by atoms with Crippen LogP contribution in [0.25, 0.3) is 0 Å². The van der Waals surface area contributed by atoms with Crippen LogP contribution in [0, 0.1) is 12.8 Å². The van der Waals surface area contributed by atoms with Gasteiger partial charge in [-0.15, -0.1) is 0 Å². The Kier molecular flexibility index (Phi) is 4.86. The van der Waals surface area contributed by atoms with Crippen LogP contribution in [0.4, 0.5) is 5.69 Å². The minimum Gasteiger partial charge on any atom is -0.481 e. The largest absolute Gasteiger partial charge is 0.481 e. The van der Waals surface area contributed by atoms with E-state index in [1.165, 1.54) is 5.56 Å². The molecule has 0 saturated heterocycles. The molecule has 1 saturated carbocycles. The number of hydrogen-bond acceptors (Lipinski definition) is 2. The summed E-state index contributed by atoms with van der Waals surface area (Å²) in [6, 6.07) is 6.78. The summed E-state index contributed by atoms with van der Waals surface area (Å²) < 4.78 is 1.12. The van der Waals surface area contributed by atoms with Crippen LogP contribution >= 0.6 is 15.9 Å². The summed E-state index contributed by atoms with van der Waals surface area (Å²) in [6.45, 7) is 2.07. The van der Waals surface area contributed by atoms with E-state index in [4.69, 9.17) is 5.11 Å². The lowest BCUT2D eigenvalue weighted by atomic mass is 9.84. The molecule has 0 heterocycles. The summed E-state index contributed by atoms with van der Waals surface area (Å²) in [4.78, 5) is 10.7. The first kappa shape index (κ1) is 14.4. The minimum atomic E-state index is -0.668. The van der Waals surface area contributed by atoms with Gasteiger partial charge >= 0.3 is 5.97 Å². The van der Waals surface area contributed by atoms with Gasteiger partial charge in [0.1, 0.15) is 0 Å². The maximum atomic E-state index is 10.7. The first-order valence-electron chi connectivity index (χ1n) is 6.79. The van der Waals surface area contributed by atoms with E-state index in [1.807, 2.05) is 0 Å². The highest BCUT2D eigenvalue weighted by Gasteiger charge is 2.22. The Morgan fingerprint density at radius 3 is 2.63 bits per heavy atom. The fraction of sp³-hybridized carbons (Fsp3) is 0.533. The number of rotatable bonds is 4. The van der Waals surface area contributed by atoms with Crippen LogP contribution < -0.4 is 5.32 Å². The number of carbonyl (C=O) groups is 1. The molecule has 0 aromatic heterocycles. The summed E-state index contributed by atoms with van der Waals surface area (Å²) >= 11 is 3.54. The lowest BCUT2D eigenvalue weighted by molar-refractivity contribution is -0.138. The predicted molar refractivity (Wildman–Crippen MR) is 80.5 cm³/mol. The van der Waals surface area contributed by atoms with Crippen molar-refractivity contribution >= 4 is 27.6 Å². The third-order valence-electron chi connectivity index (χ3n) is 3.85. The van der Waals surface area contributed by atoms with Gasteiger partial charge in [-0.2, -0.15) is 0 Å². The Bertz CT molecular complexity index is 453. The summed E-state index contributed by atoms with van der Waals surface area (Å²) in [5, 5.41) is 12.3. The fourth-order valence-electron chi connectivity index (χ4n) is 2.68. The molecule has 104 valence electrons. The molecule has 0 amide bonds. The van der Waals surface area contributed by atoms with Gasteiger partial charge in [-0.25, -0.2) is 0 Å². The highest BCUT2D eigenvalue weighted by atomic mass is 79.9. The molecule has 0 spiro atoms. The second-order valence-corrected chi connectivity index (χ2v) is 6.28. The molecule has 2 N–H and O–H groups in total. The normalized spacial score (nSPS) is 23.1. The Labute approximate surface area is 122 Å². The van der Waals surface area contributed by atoms with Gasteiger partial charge < -0.3 is 10.4 Å². The molecule has 0 atom stereocenters. The molecule has 0 bridgehead atoms. The average Bonchev–Trinajstić information content (AvgIpc) is 2.36. The zero-order valence-electron chi connectivity index (χ0n) is 11.2. The Morgan fingerprint density at radius 1 is 1.37 bits per heavy atom. The van der Waals surface area contributed by atoms with Gasteiger partial charge in [0.25, 0.3) is 0 Å². The molecule has 1 fully saturated rings. The van der Waals surface area contributed by atoms with E-state index in [0.29, 0.717) is 18.4 Å². The number of benzene rings is 1. The topological polar surface area (TPSA) is 49.3 Å². The zero-order valence-corrected chi connectivity index (χ0v) is 12.7. The standard InChI is InChI=1S/C15H20BrNO2/c1-10-2-5-13(9-14(10)16)17-12-6-3-11(4-7-12)8-15(18)19/h2,5,9,11-12,17H,3-4,6-8H2,1H3,(H,18,19). The quantitative estimate of drug-likeness (QED) is 0.872. The van der Waals surface area contributed by atoms with Crippen LogP contribution in [-0.4, -0.2) is 17.1 Å². The molecular formula is C15H20BrNO2. The number of carboxylic acid groups (broad SMARTS) is 1. The Morgan fingerprint density at radius 2 is 2.05 bits per heavy atom. The van der Waals surface area contributed by atoms with E-state index in [9.17, 15) is 4.79 Å². The molecule has 2 rings (SSSR count). The first-order chi connectivity index (χ1) is 9.04. The van der Waals surface area contributed by atoms with Gasteiger partial charge in [0.2, 0.25) is 0 Å². The monoisotopic (exact) mass is 325 g/mol. The van der Waals surface area contributed by atoms with Crippen molar-refractivity contribution in [3.63, 3.8) is 0 Å². The van der Waals surface area contributed by atoms with Gasteiger partial charge in [-0.1, -0.05) is 22.0 Å². The molecule has 0 radical (unpaired) electrons. The van der Waals surface area contributed by atoms with Gasteiger partial charge in [0, 0.05) is 22.6 Å². The number of anilines is 1. The van der Waals surface area contributed by atoms with Gasteiger partial charge in [-0.3, -0.25) is 4.79 Å². The molecule has 1 aliphatic rings. The summed E-state index contributed by atoms with van der Waals surface area (Å²) in [5.41, 5.74) is 2.37. The SMILES string of the molecule is Cc1ccc(NC2CCC(CC(=O)O)CC2)cc1Br. The molecule has 4 heteroatoms. The average molecular weight is 326 g/mol. The second-order valence-electron chi connectivity index (χ2n) is 5.42. The maximum Gasteiger partial charge on any atom is 0.303 e. The number of hydrogen-bond donors (Lipinski definition) is 2. The predicted octanol–water partition coefficient (Wildman–Crippen LogP) is 4.20. The molecule has 3 nitrogen and oxygen atoms in total. The van der Waals surface area contributed by atoms with Crippen LogP contribution in [0.15, 0.2) is 22.7 Å². The molecule has 0 unspecified atom stereocenters. The van der Waals surface area contributed by atoms with Crippen molar-refractivity contribution in [1.29, 1.82) is 0 Å². The smallest absolute Gasteiger partial charge is 0.303 e. The molecule has 19 heavy (non-hydrogen) atoms. The highest BCUT2D eigenvalue weighted by Crippen LogP contribution is 2.29. The van der Waals surface area contributed by atoms with Crippen molar-refractivity contribution in [3.05, 3.63) is 28.2 Å². The highest BCUT2D eigenvalue weighted by molar-refractivity contribution is 9.10. The van der Waals surface area contributed by atoms with E-state index in [2.05, 4.69) is 46.4 Å². The van der Waals surface area contributed by atoms with Gasteiger partial charge in [0.05, 0.1) is 0 Å². The van der Waals surface area contributed by atoms with E-state index in [1.54, 1.807) is 0 Å². The van der Waals surface area contributed by atoms with Crippen molar-refractivity contribution in [3.8, 4) is 0 Å². The van der Waals surface area contributed by atoms with Crippen molar-refractivity contribution in [2.75, 3.05) is 5.32 Å². The van der Waals surface area contributed by atoms with Crippen molar-refractivity contribution in [2.24, 2.45) is 5.92 Å². The van der Waals surface area contributed by atoms with Crippen LogP contribution in [-0.2, 0) is 4.79 Å². The summed E-state index contributed by atoms with van der Waals surface area (Å²) in [7, 11) is 0. The summed E-state index contributed by atoms with van der Waals surface area (Å²) in [6.07, 6.45) is 4.46. The van der Waals surface area contributed by atoms with Crippen LogP contribution in [0.5, 0.6) is 0 Å². The van der Waals surface area contributed by atoms with Gasteiger partial charge in [-0.05, 0) is 56.2 Å². The van der Waals surface area contributed by atoms with E-state index >= 15 is 0 Å². The third kappa shape index (κ3) is 4.23. The van der Waals surface area contributed by atoms with Crippen molar-refractivity contribution < 1.29 is 9.90 Å². The molecular weight excluding hydrogens is 306 g/mol. The third-order valence-corrected chi connectivity index (χ3v) is 4.71. The first-order valence-corrected chi connectivity index (χ1v) is 7.58. The minimum absolute atomic E-state index is 0.322. The zero-order chi connectivity index (χ0) is 13.8. The molecule has 1 aromatic carbocycles. The second kappa shape index (κ2) is 6.42. The number of aryl methyl sites for hydroxylation is 1. The molecule has 1 aliphatic carbocycles. The van der Waals surface area contributed by atoms with Crippen LogP contribution in [0.2, 0.25) is 0 Å². The Hall–Kier alpha value is -1.03. The number of aliphatic carboxylic acids is 1. The summed E-state index contributed by atoms with van der Waals surface area (Å²) in [5.74, 6) is -0.306. The number of carboxylic acids is 1. The van der Waals surface area contributed by atoms with Crippen molar-refractivity contribution in [1.82, 2.24) is 0 Å². The van der Waals surface area contributed by atoms with E-state index in [0.717, 1.165) is 35.8 Å². The van der Waals surface area contributed by atoms with Gasteiger partial charge in [0.15, 0.2) is 0 Å².